The van der Waals surface area contributed by atoms with Crippen LogP contribution in [0.4, 0.5) is 4.39 Å². The molecule has 2 atom stereocenters. The summed E-state index contributed by atoms with van der Waals surface area (Å²) in [4.78, 5) is 35.4. The van der Waals surface area contributed by atoms with Gasteiger partial charge < -0.3 is 15.1 Å². The summed E-state index contributed by atoms with van der Waals surface area (Å²) in [5.74, 6) is -1.16. The van der Waals surface area contributed by atoms with Crippen LogP contribution in [0.3, 0.4) is 0 Å². The molecule has 3 heterocycles. The van der Waals surface area contributed by atoms with Crippen molar-refractivity contribution in [2.45, 2.75) is 18.4 Å². The molecule has 2 aromatic heterocycles. The molecule has 3 aromatic rings. The molecule has 0 radical (unpaired) electrons. The second-order valence-corrected chi connectivity index (χ2v) is 8.29. The predicted octanol–water partition coefficient (Wildman–Crippen LogP) is 1.16. The molecule has 1 saturated heterocycles. The number of nitrogens with zero attached hydrogens (tertiary/aromatic N) is 5. The molecule has 0 aliphatic carbocycles. The number of halogens is 1. The van der Waals surface area contributed by atoms with Crippen LogP contribution >= 0.6 is 7.82 Å². The van der Waals surface area contributed by atoms with Gasteiger partial charge in [-0.2, -0.15) is 4.80 Å². The molecule has 0 bridgehead atoms. The zero-order chi connectivity index (χ0) is 22.2. The molecule has 0 saturated carbocycles. The van der Waals surface area contributed by atoms with Crippen molar-refractivity contribution >= 4 is 13.7 Å². The Morgan fingerprint density at radius 1 is 1.32 bits per heavy atom. The third-order valence-electron chi connectivity index (χ3n) is 4.83. The van der Waals surface area contributed by atoms with E-state index in [9.17, 15) is 13.8 Å². The molecule has 1 aromatic carbocycles. The SMILES string of the molecule is Cn1nnc(-c2ccc(-c3ccc([C@H]4CC(COP(=O)(O)O)NC4=O)cc3F)cn2)n1. The molecule has 11 nitrogen and oxygen atoms in total. The lowest BCUT2D eigenvalue weighted by molar-refractivity contribution is -0.120. The highest BCUT2D eigenvalue weighted by Gasteiger charge is 2.34. The van der Waals surface area contributed by atoms with Gasteiger partial charge in [-0.05, 0) is 29.3 Å². The van der Waals surface area contributed by atoms with E-state index < -0.39 is 25.6 Å². The fourth-order valence-electron chi connectivity index (χ4n) is 3.39. The summed E-state index contributed by atoms with van der Waals surface area (Å²) in [6.45, 7) is -0.328. The molecule has 162 valence electrons. The second kappa shape index (κ2) is 8.23. The van der Waals surface area contributed by atoms with E-state index in [-0.39, 0.29) is 18.9 Å². The molecule has 4 rings (SSSR count). The lowest BCUT2D eigenvalue weighted by Crippen LogP contribution is -2.29. The van der Waals surface area contributed by atoms with Crippen molar-refractivity contribution in [2.75, 3.05) is 6.61 Å². The Hall–Kier alpha value is -3.05. The standard InChI is InChI=1S/C18H18FN6O5P/c1-25-23-17(22-24-25)16-5-3-11(8-20-16)13-4-2-10(6-15(13)19)14-7-12(21-18(14)26)9-30-31(27,28)29/h2-6,8,12,14H,7,9H2,1H3,(H,21,26)(H2,27,28,29)/t12?,14-/m1/s1. The smallest absolute Gasteiger partial charge is 0.350 e. The van der Waals surface area contributed by atoms with Gasteiger partial charge in [0, 0.05) is 17.3 Å². The van der Waals surface area contributed by atoms with Crippen LogP contribution in [0.25, 0.3) is 22.6 Å². The Labute approximate surface area is 175 Å². The average molecular weight is 448 g/mol. The quantitative estimate of drug-likeness (QED) is 0.472. The molecule has 1 unspecified atom stereocenters. The Balaban J connectivity index is 1.49. The first-order valence-electron chi connectivity index (χ1n) is 9.20. The number of carbonyl (C=O) groups excluding carboxylic acids is 1. The number of phosphoric acid groups is 1. The van der Waals surface area contributed by atoms with E-state index in [4.69, 9.17) is 9.79 Å². The normalized spacial score (nSPS) is 18.9. The van der Waals surface area contributed by atoms with Gasteiger partial charge in [0.2, 0.25) is 11.7 Å². The van der Waals surface area contributed by atoms with Crippen LogP contribution in [0.5, 0.6) is 0 Å². The maximum atomic E-state index is 14.8. The summed E-state index contributed by atoms with van der Waals surface area (Å²) in [6.07, 6.45) is 1.74. The first-order chi connectivity index (χ1) is 14.7. The summed E-state index contributed by atoms with van der Waals surface area (Å²) in [6, 6.07) is 7.27. The van der Waals surface area contributed by atoms with E-state index in [2.05, 4.69) is 30.2 Å². The number of aromatic nitrogens is 5. The summed E-state index contributed by atoms with van der Waals surface area (Å²) < 4.78 is 30.1. The Morgan fingerprint density at radius 2 is 2.13 bits per heavy atom. The highest BCUT2D eigenvalue weighted by atomic mass is 31.2. The summed E-state index contributed by atoms with van der Waals surface area (Å²) in [5, 5.41) is 14.3. The van der Waals surface area contributed by atoms with E-state index in [0.717, 1.165) is 0 Å². The van der Waals surface area contributed by atoms with Crippen LogP contribution in [-0.2, 0) is 20.9 Å². The number of benzene rings is 1. The van der Waals surface area contributed by atoms with Gasteiger partial charge in [-0.15, -0.1) is 10.2 Å². The monoisotopic (exact) mass is 448 g/mol. The van der Waals surface area contributed by atoms with Crippen LogP contribution in [-0.4, -0.2) is 53.5 Å². The number of pyridine rings is 1. The molecule has 31 heavy (non-hydrogen) atoms. The van der Waals surface area contributed by atoms with Crippen LogP contribution in [0, 0.1) is 5.82 Å². The highest BCUT2D eigenvalue weighted by Crippen LogP contribution is 2.37. The van der Waals surface area contributed by atoms with Gasteiger partial charge in [0.25, 0.3) is 0 Å². The minimum absolute atomic E-state index is 0.235. The minimum atomic E-state index is -4.63. The number of aryl methyl sites for hydroxylation is 1. The molecule has 1 amide bonds. The Bertz CT molecular complexity index is 1160. The van der Waals surface area contributed by atoms with Crippen molar-refractivity contribution in [1.29, 1.82) is 0 Å². The number of phosphoric ester groups is 1. The van der Waals surface area contributed by atoms with Crippen LogP contribution in [0.15, 0.2) is 36.5 Å². The molecular weight excluding hydrogens is 430 g/mol. The predicted molar refractivity (Wildman–Crippen MR) is 105 cm³/mol. The number of tetrazole rings is 1. The first kappa shape index (κ1) is 21.2. The molecule has 1 fully saturated rings. The summed E-state index contributed by atoms with van der Waals surface area (Å²) in [7, 11) is -2.99. The summed E-state index contributed by atoms with van der Waals surface area (Å²) >= 11 is 0. The number of hydrogen-bond acceptors (Lipinski definition) is 7. The molecule has 13 heteroatoms. The van der Waals surface area contributed by atoms with E-state index >= 15 is 0 Å². The lowest BCUT2D eigenvalue weighted by Gasteiger charge is -2.12. The number of hydrogen-bond donors (Lipinski definition) is 3. The van der Waals surface area contributed by atoms with Gasteiger partial charge in [-0.25, -0.2) is 8.96 Å². The van der Waals surface area contributed by atoms with E-state index in [1.165, 1.54) is 17.1 Å². The molecule has 1 aliphatic rings. The van der Waals surface area contributed by atoms with Gasteiger partial charge in [0.1, 0.15) is 11.5 Å². The van der Waals surface area contributed by atoms with Crippen molar-refractivity contribution in [3.8, 4) is 22.6 Å². The van der Waals surface area contributed by atoms with Crippen molar-refractivity contribution in [2.24, 2.45) is 7.05 Å². The molecule has 3 N–H and O–H groups in total. The van der Waals surface area contributed by atoms with Gasteiger partial charge in [-0.1, -0.05) is 18.2 Å². The largest absolute Gasteiger partial charge is 0.469 e. The van der Waals surface area contributed by atoms with Crippen molar-refractivity contribution in [1.82, 2.24) is 30.5 Å². The first-order valence-corrected chi connectivity index (χ1v) is 10.7. The highest BCUT2D eigenvalue weighted by molar-refractivity contribution is 7.46. The maximum absolute atomic E-state index is 14.8. The average Bonchev–Trinajstić information content (AvgIpc) is 3.31. The van der Waals surface area contributed by atoms with Gasteiger partial charge in [0.05, 0.1) is 25.6 Å². The number of amides is 1. The molecule has 1 aliphatic heterocycles. The maximum Gasteiger partial charge on any atom is 0.469 e. The van der Waals surface area contributed by atoms with Crippen LogP contribution in [0.1, 0.15) is 17.9 Å². The Morgan fingerprint density at radius 3 is 2.74 bits per heavy atom. The number of rotatable bonds is 6. The van der Waals surface area contributed by atoms with Crippen LogP contribution < -0.4 is 5.32 Å². The zero-order valence-corrected chi connectivity index (χ0v) is 17.1. The van der Waals surface area contributed by atoms with Crippen molar-refractivity contribution in [3.63, 3.8) is 0 Å². The summed E-state index contributed by atoms with van der Waals surface area (Å²) in [5.41, 5.74) is 1.82. The van der Waals surface area contributed by atoms with Gasteiger partial charge in [-0.3, -0.25) is 14.3 Å². The number of carbonyl (C=O) groups is 1. The third kappa shape index (κ3) is 4.83. The fraction of sp³-hybridized carbons (Fsp3) is 0.278. The lowest BCUT2D eigenvalue weighted by atomic mass is 9.93. The zero-order valence-electron chi connectivity index (χ0n) is 16.2. The van der Waals surface area contributed by atoms with E-state index in [0.29, 0.717) is 28.2 Å². The van der Waals surface area contributed by atoms with Gasteiger partial charge in [0.15, 0.2) is 0 Å². The molecule has 0 spiro atoms. The minimum Gasteiger partial charge on any atom is -0.350 e. The van der Waals surface area contributed by atoms with E-state index in [1.54, 1.807) is 31.3 Å². The van der Waals surface area contributed by atoms with Gasteiger partial charge >= 0.3 is 7.82 Å². The van der Waals surface area contributed by atoms with Crippen LogP contribution in [0.2, 0.25) is 0 Å². The van der Waals surface area contributed by atoms with Crippen molar-refractivity contribution in [3.05, 3.63) is 47.9 Å². The topological polar surface area (TPSA) is 152 Å². The number of nitrogens with one attached hydrogen (secondary N) is 1. The Kier molecular flexibility index (Phi) is 5.63. The third-order valence-corrected chi connectivity index (χ3v) is 5.32. The second-order valence-electron chi connectivity index (χ2n) is 7.05. The van der Waals surface area contributed by atoms with E-state index in [1.807, 2.05) is 0 Å². The molecular formula is C18H18FN6O5P. The van der Waals surface area contributed by atoms with Crippen molar-refractivity contribution < 1.29 is 28.1 Å². The fourth-order valence-corrected chi connectivity index (χ4v) is 3.76.